The van der Waals surface area contributed by atoms with E-state index >= 15 is 0 Å². The van der Waals surface area contributed by atoms with Gasteiger partial charge in [-0.15, -0.1) is 0 Å². The van der Waals surface area contributed by atoms with Crippen molar-refractivity contribution in [1.29, 1.82) is 0 Å². The quantitative estimate of drug-likeness (QED) is 0.650. The van der Waals surface area contributed by atoms with E-state index in [-0.39, 0.29) is 5.92 Å². The second kappa shape index (κ2) is 6.42. The smallest absolute Gasteiger partial charge is 0.157 e. The van der Waals surface area contributed by atoms with Crippen LogP contribution in [0.25, 0.3) is 0 Å². The molecule has 1 aromatic rings. The highest BCUT2D eigenvalue weighted by Gasteiger charge is 2.17. The van der Waals surface area contributed by atoms with Gasteiger partial charge in [0.15, 0.2) is 11.0 Å². The zero-order valence-electron chi connectivity index (χ0n) is 11.7. The van der Waals surface area contributed by atoms with Gasteiger partial charge in [-0.25, -0.2) is 9.97 Å². The predicted molar refractivity (Wildman–Crippen MR) is 80.7 cm³/mol. The third-order valence-electron chi connectivity index (χ3n) is 3.63. The van der Waals surface area contributed by atoms with Crippen LogP contribution in [0.4, 0.5) is 11.5 Å². The van der Waals surface area contributed by atoms with Gasteiger partial charge in [-0.05, 0) is 12.8 Å². The Labute approximate surface area is 120 Å². The Hall–Kier alpha value is -1.03. The summed E-state index contributed by atoms with van der Waals surface area (Å²) in [6.07, 6.45) is 7.56. The zero-order chi connectivity index (χ0) is 13.8. The Morgan fingerprint density at radius 1 is 1.16 bits per heavy atom. The fourth-order valence-corrected chi connectivity index (χ4v) is 2.62. The molecular formula is C14H23ClN4. The lowest BCUT2D eigenvalue weighted by molar-refractivity contribution is 0.616. The van der Waals surface area contributed by atoms with E-state index in [2.05, 4.69) is 29.1 Å². The van der Waals surface area contributed by atoms with Crippen molar-refractivity contribution < 1.29 is 0 Å². The largest absolute Gasteiger partial charge is 0.393 e. The summed E-state index contributed by atoms with van der Waals surface area (Å²) >= 11 is 6.10. The van der Waals surface area contributed by atoms with Crippen LogP contribution in [0, 0.1) is 0 Å². The zero-order valence-corrected chi connectivity index (χ0v) is 12.5. The highest BCUT2D eigenvalue weighted by atomic mass is 35.5. The number of hydrogen-bond donors (Lipinski definition) is 2. The number of halogens is 1. The summed E-state index contributed by atoms with van der Waals surface area (Å²) in [5.74, 6) is 1.69. The van der Waals surface area contributed by atoms with Crippen molar-refractivity contribution >= 4 is 23.1 Å². The van der Waals surface area contributed by atoms with Crippen LogP contribution < -0.4 is 11.1 Å². The highest BCUT2D eigenvalue weighted by molar-refractivity contribution is 6.32. The average Bonchev–Trinajstić information content (AvgIpc) is 2.63. The van der Waals surface area contributed by atoms with Crippen molar-refractivity contribution in [3.8, 4) is 0 Å². The molecule has 0 saturated heterocycles. The van der Waals surface area contributed by atoms with Crippen molar-refractivity contribution in [2.24, 2.45) is 0 Å². The Bertz CT molecular complexity index is 426. The molecule has 19 heavy (non-hydrogen) atoms. The van der Waals surface area contributed by atoms with Gasteiger partial charge in [0.25, 0.3) is 0 Å². The molecule has 5 heteroatoms. The number of nitrogens with zero attached hydrogens (tertiary/aromatic N) is 2. The van der Waals surface area contributed by atoms with E-state index in [9.17, 15) is 0 Å². The molecule has 0 bridgehead atoms. The van der Waals surface area contributed by atoms with Gasteiger partial charge in [0.2, 0.25) is 0 Å². The molecule has 1 saturated carbocycles. The molecule has 1 aromatic heterocycles. The van der Waals surface area contributed by atoms with Crippen LogP contribution in [-0.2, 0) is 0 Å². The molecule has 0 amide bonds. The summed E-state index contributed by atoms with van der Waals surface area (Å²) in [4.78, 5) is 8.76. The lowest BCUT2D eigenvalue weighted by atomic mass is 10.1. The molecule has 0 unspecified atom stereocenters. The molecule has 1 fully saturated rings. The van der Waals surface area contributed by atoms with E-state index in [1.165, 1.54) is 38.5 Å². The number of nitrogen functional groups attached to an aromatic ring is 1. The van der Waals surface area contributed by atoms with Crippen LogP contribution in [0.15, 0.2) is 0 Å². The van der Waals surface area contributed by atoms with Gasteiger partial charge in [-0.2, -0.15) is 0 Å². The Morgan fingerprint density at radius 2 is 1.79 bits per heavy atom. The Kier molecular flexibility index (Phi) is 4.86. The summed E-state index contributed by atoms with van der Waals surface area (Å²) in [6, 6.07) is 0.454. The topological polar surface area (TPSA) is 63.8 Å². The van der Waals surface area contributed by atoms with Crippen molar-refractivity contribution in [2.45, 2.75) is 64.3 Å². The third kappa shape index (κ3) is 3.72. The minimum atomic E-state index is 0.243. The number of aromatic nitrogens is 2. The molecule has 0 spiro atoms. The molecule has 4 nitrogen and oxygen atoms in total. The molecule has 0 atom stereocenters. The highest BCUT2D eigenvalue weighted by Crippen LogP contribution is 2.28. The maximum atomic E-state index is 6.10. The number of anilines is 2. The predicted octanol–water partition coefficient (Wildman–Crippen LogP) is 3.97. The van der Waals surface area contributed by atoms with Crippen LogP contribution in [-0.4, -0.2) is 16.0 Å². The standard InChI is InChI=1S/C14H23ClN4/c1-9(2)13-18-12(15)11(16)14(19-13)17-10-7-5-3-4-6-8-10/h9-10H,3-8,16H2,1-2H3,(H,17,18,19). The fourth-order valence-electron chi connectivity index (χ4n) is 2.44. The first-order chi connectivity index (χ1) is 9.08. The summed E-state index contributed by atoms with van der Waals surface area (Å²) in [7, 11) is 0. The summed E-state index contributed by atoms with van der Waals surface area (Å²) < 4.78 is 0. The van der Waals surface area contributed by atoms with Gasteiger partial charge in [0, 0.05) is 12.0 Å². The number of rotatable bonds is 3. The average molecular weight is 283 g/mol. The number of nitrogens with two attached hydrogens (primary N) is 1. The number of hydrogen-bond acceptors (Lipinski definition) is 4. The summed E-state index contributed by atoms with van der Waals surface area (Å²) in [5.41, 5.74) is 6.46. The second-order valence-electron chi connectivity index (χ2n) is 5.62. The third-order valence-corrected chi connectivity index (χ3v) is 3.92. The minimum Gasteiger partial charge on any atom is -0.393 e. The van der Waals surface area contributed by atoms with E-state index in [1.54, 1.807) is 0 Å². The summed E-state index contributed by atoms with van der Waals surface area (Å²) in [5, 5.41) is 3.82. The van der Waals surface area contributed by atoms with Crippen LogP contribution in [0.3, 0.4) is 0 Å². The van der Waals surface area contributed by atoms with Gasteiger partial charge < -0.3 is 11.1 Å². The first kappa shape index (κ1) is 14.4. The molecule has 3 N–H and O–H groups in total. The molecule has 0 aromatic carbocycles. The van der Waals surface area contributed by atoms with E-state index in [1.807, 2.05) is 0 Å². The van der Waals surface area contributed by atoms with Crippen LogP contribution in [0.1, 0.15) is 64.1 Å². The molecule has 1 aliphatic carbocycles. The normalized spacial score (nSPS) is 17.5. The molecule has 0 radical (unpaired) electrons. The molecule has 106 valence electrons. The van der Waals surface area contributed by atoms with Crippen molar-refractivity contribution in [1.82, 2.24) is 9.97 Å². The van der Waals surface area contributed by atoms with E-state index in [0.29, 0.717) is 22.7 Å². The number of nitrogens with one attached hydrogen (secondary N) is 1. The monoisotopic (exact) mass is 282 g/mol. The van der Waals surface area contributed by atoms with Gasteiger partial charge in [-0.3, -0.25) is 0 Å². The molecule has 1 heterocycles. The fraction of sp³-hybridized carbons (Fsp3) is 0.714. The lowest BCUT2D eigenvalue weighted by Crippen LogP contribution is -2.21. The Morgan fingerprint density at radius 3 is 2.37 bits per heavy atom. The van der Waals surface area contributed by atoms with Crippen molar-refractivity contribution in [2.75, 3.05) is 11.1 Å². The van der Waals surface area contributed by atoms with Gasteiger partial charge >= 0.3 is 0 Å². The van der Waals surface area contributed by atoms with Crippen LogP contribution in [0.5, 0.6) is 0 Å². The SMILES string of the molecule is CC(C)c1nc(Cl)c(N)c(NC2CCCCCC2)n1. The maximum Gasteiger partial charge on any atom is 0.157 e. The van der Waals surface area contributed by atoms with Crippen LogP contribution >= 0.6 is 11.6 Å². The van der Waals surface area contributed by atoms with Gasteiger partial charge in [0.05, 0.1) is 0 Å². The first-order valence-corrected chi connectivity index (χ1v) is 7.55. The minimum absolute atomic E-state index is 0.243. The van der Waals surface area contributed by atoms with E-state index < -0.39 is 0 Å². The Balaban J connectivity index is 2.18. The second-order valence-corrected chi connectivity index (χ2v) is 5.98. The molecule has 0 aliphatic heterocycles. The van der Waals surface area contributed by atoms with E-state index in [0.717, 1.165) is 5.82 Å². The summed E-state index contributed by atoms with van der Waals surface area (Å²) in [6.45, 7) is 4.11. The lowest BCUT2D eigenvalue weighted by Gasteiger charge is -2.19. The molecule has 1 aliphatic rings. The molecule has 2 rings (SSSR count). The first-order valence-electron chi connectivity index (χ1n) is 7.17. The van der Waals surface area contributed by atoms with Crippen LogP contribution in [0.2, 0.25) is 5.15 Å². The van der Waals surface area contributed by atoms with Crippen molar-refractivity contribution in [3.05, 3.63) is 11.0 Å². The van der Waals surface area contributed by atoms with E-state index in [4.69, 9.17) is 17.3 Å². The van der Waals surface area contributed by atoms with Gasteiger partial charge in [0.1, 0.15) is 11.5 Å². The van der Waals surface area contributed by atoms with Crippen molar-refractivity contribution in [3.63, 3.8) is 0 Å². The van der Waals surface area contributed by atoms with Gasteiger partial charge in [-0.1, -0.05) is 51.1 Å². The molecular weight excluding hydrogens is 260 g/mol. The maximum absolute atomic E-state index is 6.10.